The molecule has 9 rings (SSSR count). The van der Waals surface area contributed by atoms with Gasteiger partial charge in [-0.25, -0.2) is 0 Å². The SMILES string of the molecule is [Zr+3].c1ccc([Si]c2ccccc2)cc1.c1ccc2[cH-]ccc2c1.c1ccc2[cH-]ccc2c1.c1ccc2c(c1)[cH-]c1ccccc12. The van der Waals surface area contributed by atoms with Gasteiger partial charge in [-0.05, 0) is 0 Å². The number of fused-ring (bicyclic) bond motifs is 5. The Balaban J connectivity index is 0.000000119. The zero-order chi connectivity index (χ0) is 29.8. The smallest absolute Gasteiger partial charge is 0.168 e. The summed E-state index contributed by atoms with van der Waals surface area (Å²) in [5.74, 6) is 0. The Kier molecular flexibility index (Phi) is 11.7. The van der Waals surface area contributed by atoms with E-state index in [-0.39, 0.29) is 26.2 Å². The maximum atomic E-state index is 2.24. The van der Waals surface area contributed by atoms with Crippen LogP contribution in [-0.2, 0) is 26.2 Å². The summed E-state index contributed by atoms with van der Waals surface area (Å²) in [5, 5.41) is 13.5. The molecule has 3 radical (unpaired) electrons. The molecule has 0 unspecified atom stereocenters. The summed E-state index contributed by atoms with van der Waals surface area (Å²) < 4.78 is 0. The summed E-state index contributed by atoms with van der Waals surface area (Å²) in [6.45, 7) is 0. The Morgan fingerprint density at radius 2 is 0.689 bits per heavy atom. The summed E-state index contributed by atoms with van der Waals surface area (Å²) in [7, 11) is 0.777. The van der Waals surface area contributed by atoms with E-state index >= 15 is 0 Å². The molecule has 0 aliphatic heterocycles. The number of hydrogen-bond acceptors (Lipinski definition) is 0. The van der Waals surface area contributed by atoms with Crippen molar-refractivity contribution in [1.82, 2.24) is 0 Å². The van der Waals surface area contributed by atoms with Gasteiger partial charge in [0, 0.05) is 0 Å². The van der Waals surface area contributed by atoms with Crippen LogP contribution in [0.5, 0.6) is 0 Å². The predicted octanol–water partition coefficient (Wildman–Crippen LogP) is 10.2. The van der Waals surface area contributed by atoms with Crippen molar-refractivity contribution in [3.8, 4) is 0 Å². The van der Waals surface area contributed by atoms with Crippen molar-refractivity contribution >= 4 is 63.0 Å². The van der Waals surface area contributed by atoms with Gasteiger partial charge >= 0.3 is 26.2 Å². The zero-order valence-corrected chi connectivity index (χ0v) is 28.5. The van der Waals surface area contributed by atoms with Crippen molar-refractivity contribution < 1.29 is 26.2 Å². The molecule has 0 fully saturated rings. The van der Waals surface area contributed by atoms with Gasteiger partial charge in [0.05, 0.1) is 0 Å². The van der Waals surface area contributed by atoms with Crippen LogP contribution in [0.2, 0.25) is 0 Å². The van der Waals surface area contributed by atoms with Crippen molar-refractivity contribution in [2.45, 2.75) is 0 Å². The first-order chi connectivity index (χ1) is 21.8. The van der Waals surface area contributed by atoms with Crippen molar-refractivity contribution in [2.24, 2.45) is 0 Å². The normalized spacial score (nSPS) is 10.1. The van der Waals surface area contributed by atoms with E-state index in [2.05, 4.69) is 200 Å². The molecule has 0 amide bonds. The minimum absolute atomic E-state index is 0. The Morgan fingerprint density at radius 3 is 1.11 bits per heavy atom. The van der Waals surface area contributed by atoms with Gasteiger partial charge in [-0.2, -0.15) is 35.0 Å². The van der Waals surface area contributed by atoms with E-state index in [0.717, 1.165) is 9.52 Å². The number of rotatable bonds is 2. The van der Waals surface area contributed by atoms with Gasteiger partial charge < -0.3 is 0 Å². The van der Waals surface area contributed by atoms with Crippen LogP contribution in [0.1, 0.15) is 0 Å². The second-order valence-corrected chi connectivity index (χ2v) is 11.9. The van der Waals surface area contributed by atoms with Gasteiger partial charge in [-0.3, -0.25) is 0 Å². The molecule has 2 heteroatoms. The molecular weight excluding hydrogens is 636 g/mol. The minimum Gasteiger partial charge on any atom is -0.168 e. The molecule has 0 aromatic heterocycles. The molecule has 0 aliphatic carbocycles. The summed E-state index contributed by atoms with van der Waals surface area (Å²) >= 11 is 0. The molecule has 0 N–H and O–H groups in total. The first-order valence-electron chi connectivity index (χ1n) is 14.9. The van der Waals surface area contributed by atoms with Crippen LogP contribution in [0, 0.1) is 0 Å². The molecule has 0 spiro atoms. The fraction of sp³-hybridized carbons (Fsp3) is 0. The fourth-order valence-electron chi connectivity index (χ4n) is 5.25. The molecule has 0 nitrogen and oxygen atoms in total. The quantitative estimate of drug-likeness (QED) is 0.127. The van der Waals surface area contributed by atoms with Gasteiger partial charge in [-0.1, -0.05) is 120 Å². The van der Waals surface area contributed by atoms with E-state index in [9.17, 15) is 0 Å². The summed E-state index contributed by atoms with van der Waals surface area (Å²) in [5.41, 5.74) is 0. The van der Waals surface area contributed by atoms with Crippen LogP contribution in [0.15, 0.2) is 200 Å². The van der Waals surface area contributed by atoms with E-state index in [1.807, 2.05) is 0 Å². The monoisotopic (exact) mass is 667 g/mol. The third kappa shape index (κ3) is 8.79. The van der Waals surface area contributed by atoms with E-state index in [4.69, 9.17) is 0 Å². The summed E-state index contributed by atoms with van der Waals surface area (Å²) in [4.78, 5) is 0. The van der Waals surface area contributed by atoms with Crippen LogP contribution in [-0.4, -0.2) is 9.52 Å². The zero-order valence-electron chi connectivity index (χ0n) is 25.1. The topological polar surface area (TPSA) is 0 Å². The number of hydrogen-bond donors (Lipinski definition) is 0. The average Bonchev–Trinajstić information content (AvgIpc) is 3.85. The molecule has 45 heavy (non-hydrogen) atoms. The third-order valence-electron chi connectivity index (χ3n) is 7.45. The largest absolute Gasteiger partial charge is 3.00 e. The van der Waals surface area contributed by atoms with Crippen LogP contribution in [0.25, 0.3) is 43.1 Å². The molecule has 9 aromatic rings. The van der Waals surface area contributed by atoms with Crippen molar-refractivity contribution in [3.63, 3.8) is 0 Å². The maximum Gasteiger partial charge on any atom is 3.00 e. The van der Waals surface area contributed by atoms with E-state index < -0.39 is 0 Å². The Morgan fingerprint density at radius 1 is 0.333 bits per heavy atom. The molecule has 0 saturated carbocycles. The van der Waals surface area contributed by atoms with E-state index in [1.165, 1.54) is 53.5 Å². The van der Waals surface area contributed by atoms with E-state index in [1.54, 1.807) is 0 Å². The summed E-state index contributed by atoms with van der Waals surface area (Å²) in [6, 6.07) is 69.8. The molecule has 0 atom stereocenters. The van der Waals surface area contributed by atoms with Crippen molar-refractivity contribution in [2.75, 3.05) is 0 Å². The van der Waals surface area contributed by atoms with Gasteiger partial charge in [0.2, 0.25) is 0 Å². The van der Waals surface area contributed by atoms with Gasteiger partial charge in [-0.15, -0.1) is 99.0 Å². The minimum atomic E-state index is 0. The second-order valence-electron chi connectivity index (χ2n) is 10.5. The third-order valence-corrected chi connectivity index (χ3v) is 8.70. The second kappa shape index (κ2) is 16.5. The summed E-state index contributed by atoms with van der Waals surface area (Å²) in [6.07, 6.45) is 0. The van der Waals surface area contributed by atoms with Gasteiger partial charge in [0.25, 0.3) is 0 Å². The standard InChI is InChI=1S/C13H9.C12H10Si.2C9H7.Zr/c1-3-7-12-10(5-1)9-11-6-2-4-8-13(11)12;1-3-7-11(8-4-1)13-12-9-5-2-6-10-12;2*1-2-5-9-7-3-6-8(9)4-1;/h1-9H;1-10H;2*1-7H;/q-1;;2*-1;+3. The van der Waals surface area contributed by atoms with Crippen LogP contribution in [0.3, 0.4) is 0 Å². The molecule has 0 heterocycles. The first kappa shape index (κ1) is 31.9. The molecule has 213 valence electrons. The van der Waals surface area contributed by atoms with Gasteiger partial charge in [0.15, 0.2) is 0 Å². The van der Waals surface area contributed by atoms with Crippen LogP contribution in [0.4, 0.5) is 0 Å². The molecule has 0 bridgehead atoms. The molecule has 0 saturated heterocycles. The molecular formula is C43H33SiZr. The molecule has 0 aliphatic rings. The van der Waals surface area contributed by atoms with Crippen molar-refractivity contribution in [3.05, 3.63) is 200 Å². The van der Waals surface area contributed by atoms with E-state index in [0.29, 0.717) is 0 Å². The predicted molar refractivity (Wildman–Crippen MR) is 194 cm³/mol. The number of benzene rings is 6. The first-order valence-corrected chi connectivity index (χ1v) is 15.9. The Labute approximate surface area is 287 Å². The Bertz CT molecular complexity index is 1930. The maximum absolute atomic E-state index is 2.24. The van der Waals surface area contributed by atoms with Crippen LogP contribution >= 0.6 is 0 Å². The fourth-order valence-corrected chi connectivity index (χ4v) is 6.30. The van der Waals surface area contributed by atoms with Crippen molar-refractivity contribution in [1.29, 1.82) is 0 Å². The van der Waals surface area contributed by atoms with Crippen LogP contribution < -0.4 is 10.4 Å². The Hall–Kier alpha value is -4.49. The molecule has 9 aromatic carbocycles. The average molecular weight is 669 g/mol. The van der Waals surface area contributed by atoms with Gasteiger partial charge in [0.1, 0.15) is 9.52 Å².